The summed E-state index contributed by atoms with van der Waals surface area (Å²) in [6, 6.07) is 8.90. The molecule has 0 bridgehead atoms. The van der Waals surface area contributed by atoms with E-state index in [1.807, 2.05) is 31.7 Å². The number of hydrogen-bond acceptors (Lipinski definition) is 8. The van der Waals surface area contributed by atoms with Crippen LogP contribution in [0.25, 0.3) is 28.0 Å². The van der Waals surface area contributed by atoms with Crippen LogP contribution >= 0.6 is 0 Å². The third kappa shape index (κ3) is 4.35. The Morgan fingerprint density at radius 3 is 2.61 bits per heavy atom. The van der Waals surface area contributed by atoms with Gasteiger partial charge in [-0.1, -0.05) is 38.6 Å². The van der Waals surface area contributed by atoms with Gasteiger partial charge in [0.2, 0.25) is 5.91 Å². The molecule has 2 aromatic carbocycles. The molecule has 10 nitrogen and oxygen atoms in total. The van der Waals surface area contributed by atoms with E-state index in [2.05, 4.69) is 16.5 Å². The zero-order valence-corrected chi connectivity index (χ0v) is 24.7. The molecule has 1 N–H and O–H groups in total. The molecule has 4 aromatic rings. The van der Waals surface area contributed by atoms with Crippen LogP contribution in [0.5, 0.6) is 17.2 Å². The van der Waals surface area contributed by atoms with Gasteiger partial charge in [-0.25, -0.2) is 23.1 Å². The van der Waals surface area contributed by atoms with Crippen molar-refractivity contribution in [1.29, 1.82) is 0 Å². The molecule has 228 valence electrons. The fourth-order valence-corrected chi connectivity index (χ4v) is 6.13. The van der Waals surface area contributed by atoms with Crippen molar-refractivity contribution >= 4 is 22.8 Å². The summed E-state index contributed by atoms with van der Waals surface area (Å²) in [4.78, 5) is 39.2. The number of amides is 1. The molecule has 2 aromatic heterocycles. The molecule has 1 fully saturated rings. The van der Waals surface area contributed by atoms with E-state index in [9.17, 15) is 14.7 Å². The third-order valence-electron chi connectivity index (χ3n) is 8.27. The molecule has 0 saturated carbocycles. The molecule has 1 unspecified atom stereocenters. The normalized spacial score (nSPS) is 17.7. The number of methoxy groups -OCH3 is 1. The number of pyridine rings is 1. The van der Waals surface area contributed by atoms with Gasteiger partial charge in [0.1, 0.15) is 40.8 Å². The van der Waals surface area contributed by atoms with Crippen molar-refractivity contribution in [3.63, 3.8) is 0 Å². The van der Waals surface area contributed by atoms with Crippen LogP contribution in [0.3, 0.4) is 0 Å². The second-order valence-electron chi connectivity index (χ2n) is 11.4. The average molecular weight is 604 g/mol. The van der Waals surface area contributed by atoms with Crippen molar-refractivity contribution in [3.05, 3.63) is 76.7 Å². The number of aromatic nitrogens is 3. The second kappa shape index (κ2) is 10.6. The van der Waals surface area contributed by atoms with Gasteiger partial charge >= 0.3 is 5.69 Å². The van der Waals surface area contributed by atoms with Crippen LogP contribution in [0.15, 0.2) is 53.8 Å². The topological polar surface area (TPSA) is 110 Å². The minimum Gasteiger partial charge on any atom is -0.507 e. The van der Waals surface area contributed by atoms with Gasteiger partial charge in [-0.15, -0.1) is 0 Å². The zero-order chi connectivity index (χ0) is 31.5. The molecule has 12 heteroatoms. The molecule has 44 heavy (non-hydrogen) atoms. The Hall–Kier alpha value is -5.00. The molecule has 1 saturated heterocycles. The summed E-state index contributed by atoms with van der Waals surface area (Å²) in [5.41, 5.74) is -1.68. The number of phenolic OH excluding ortho intramolecular Hbond substituents is 1. The highest BCUT2D eigenvalue weighted by Crippen LogP contribution is 2.46. The van der Waals surface area contributed by atoms with Crippen LogP contribution in [0.1, 0.15) is 32.3 Å². The van der Waals surface area contributed by atoms with Crippen molar-refractivity contribution in [3.8, 4) is 34.2 Å². The first-order valence-corrected chi connectivity index (χ1v) is 14.1. The lowest BCUT2D eigenvalue weighted by Gasteiger charge is -2.48. The van der Waals surface area contributed by atoms with Crippen LogP contribution < -0.4 is 20.1 Å². The van der Waals surface area contributed by atoms with Crippen molar-refractivity contribution < 1.29 is 28.2 Å². The van der Waals surface area contributed by atoms with Crippen LogP contribution in [-0.4, -0.2) is 69.3 Å². The number of carbonyl (C=O) groups is 1. The van der Waals surface area contributed by atoms with Crippen LogP contribution in [0, 0.1) is 11.6 Å². The number of para-hydroxylation sites is 1. The maximum Gasteiger partial charge on any atom is 0.355 e. The SMILES string of the molecule is C=CC(=O)N1CCN2c3nc(=O)n(-c4c(OC)cccc4C(C)C)c4nc(-c5c(O)cccc5F)c(F)c(c34)OCC2(C)C1. The quantitative estimate of drug-likeness (QED) is 0.331. The molecule has 0 radical (unpaired) electrons. The summed E-state index contributed by atoms with van der Waals surface area (Å²) in [7, 11) is 1.46. The smallest absolute Gasteiger partial charge is 0.355 e. The standard InChI is InChI=1S/C32H31F2N5O5/c1-6-22(41)37-13-14-38-29-24-28(44-16-32(38,4)15-37)25(34)26(23-19(33)10-8-11-20(23)40)35-30(24)39(31(42)36-29)27-18(17(2)3)9-7-12-21(27)43-5/h6-12,17,40H,1,13-16H2,2-5H3. The van der Waals surface area contributed by atoms with Gasteiger partial charge in [-0.2, -0.15) is 4.98 Å². The van der Waals surface area contributed by atoms with E-state index in [1.165, 1.54) is 29.9 Å². The number of carbonyl (C=O) groups excluding carboxylic acids is 1. The number of ether oxygens (including phenoxy) is 2. The summed E-state index contributed by atoms with van der Waals surface area (Å²) in [6.45, 7) is 9.92. The number of fused-ring (bicyclic) bond motifs is 2. The van der Waals surface area contributed by atoms with Crippen LogP contribution in [-0.2, 0) is 4.79 Å². The number of nitrogens with zero attached hydrogens (tertiary/aromatic N) is 5. The Bertz CT molecular complexity index is 1890. The van der Waals surface area contributed by atoms with Crippen molar-refractivity contribution in [2.24, 2.45) is 0 Å². The minimum atomic E-state index is -1.03. The number of halogens is 2. The fraction of sp³-hybridized carbons (Fsp3) is 0.312. The van der Waals surface area contributed by atoms with E-state index in [0.29, 0.717) is 18.0 Å². The predicted octanol–water partition coefficient (Wildman–Crippen LogP) is 4.55. The molecule has 1 atom stereocenters. The Labute approximate surface area is 251 Å². The van der Waals surface area contributed by atoms with Gasteiger partial charge in [0, 0.05) is 19.6 Å². The molecule has 6 rings (SSSR count). The Balaban J connectivity index is 1.75. The summed E-state index contributed by atoms with van der Waals surface area (Å²) in [5.74, 6) is -2.68. The van der Waals surface area contributed by atoms with Gasteiger partial charge in [-0.3, -0.25) is 4.79 Å². The van der Waals surface area contributed by atoms with Gasteiger partial charge in [-0.05, 0) is 42.7 Å². The summed E-state index contributed by atoms with van der Waals surface area (Å²) < 4.78 is 44.9. The van der Waals surface area contributed by atoms with Crippen LogP contribution in [0.4, 0.5) is 14.6 Å². The molecule has 2 aliphatic heterocycles. The first kappa shape index (κ1) is 29.1. The average Bonchev–Trinajstić information content (AvgIpc) is 3.12. The largest absolute Gasteiger partial charge is 0.507 e. The number of phenols is 1. The second-order valence-corrected chi connectivity index (χ2v) is 11.4. The summed E-state index contributed by atoms with van der Waals surface area (Å²) >= 11 is 0. The van der Waals surface area contributed by atoms with Crippen molar-refractivity contribution in [2.45, 2.75) is 32.2 Å². The number of benzene rings is 2. The molecule has 0 spiro atoms. The Morgan fingerprint density at radius 2 is 1.93 bits per heavy atom. The molecule has 4 heterocycles. The monoisotopic (exact) mass is 603 g/mol. The number of hydrogen-bond donors (Lipinski definition) is 1. The highest BCUT2D eigenvalue weighted by Gasteiger charge is 2.45. The molecule has 1 amide bonds. The van der Waals surface area contributed by atoms with Gasteiger partial charge in [0.25, 0.3) is 0 Å². The first-order chi connectivity index (χ1) is 21.0. The zero-order valence-electron chi connectivity index (χ0n) is 24.7. The fourth-order valence-electron chi connectivity index (χ4n) is 6.13. The van der Waals surface area contributed by atoms with Gasteiger partial charge in [0.05, 0.1) is 23.9 Å². The predicted molar refractivity (Wildman–Crippen MR) is 161 cm³/mol. The van der Waals surface area contributed by atoms with E-state index in [0.717, 1.165) is 11.6 Å². The lowest BCUT2D eigenvalue weighted by Crippen LogP contribution is -2.64. The lowest BCUT2D eigenvalue weighted by atomic mass is 9.96. The maximum atomic E-state index is 16.6. The minimum absolute atomic E-state index is 0.0608. The highest BCUT2D eigenvalue weighted by molar-refractivity contribution is 5.97. The van der Waals surface area contributed by atoms with Crippen molar-refractivity contribution in [1.82, 2.24) is 19.4 Å². The Morgan fingerprint density at radius 1 is 1.18 bits per heavy atom. The van der Waals surface area contributed by atoms with E-state index < -0.39 is 39.9 Å². The lowest BCUT2D eigenvalue weighted by molar-refractivity contribution is -0.127. The van der Waals surface area contributed by atoms with Crippen molar-refractivity contribution in [2.75, 3.05) is 38.3 Å². The van der Waals surface area contributed by atoms with Gasteiger partial charge in [0.15, 0.2) is 17.2 Å². The van der Waals surface area contributed by atoms with Crippen LogP contribution in [0.2, 0.25) is 0 Å². The number of rotatable bonds is 5. The van der Waals surface area contributed by atoms with Gasteiger partial charge < -0.3 is 24.4 Å². The first-order valence-electron chi connectivity index (χ1n) is 14.1. The highest BCUT2D eigenvalue weighted by atomic mass is 19.1. The molecule has 0 aliphatic carbocycles. The molecule has 2 aliphatic rings. The molecular weight excluding hydrogens is 572 g/mol. The summed E-state index contributed by atoms with van der Waals surface area (Å²) in [5, 5.41) is 10.7. The number of anilines is 1. The van der Waals surface area contributed by atoms with E-state index >= 15 is 8.78 Å². The number of piperazine rings is 1. The third-order valence-corrected chi connectivity index (χ3v) is 8.27. The van der Waals surface area contributed by atoms with E-state index in [4.69, 9.17) is 9.47 Å². The molecular formula is C32H31F2N5O5. The maximum absolute atomic E-state index is 16.6. The van der Waals surface area contributed by atoms with E-state index in [-0.39, 0.29) is 54.1 Å². The Kier molecular flexibility index (Phi) is 7.02. The van der Waals surface area contributed by atoms with E-state index in [1.54, 1.807) is 17.0 Å². The number of aromatic hydroxyl groups is 1. The summed E-state index contributed by atoms with van der Waals surface area (Å²) in [6.07, 6.45) is 1.22.